The summed E-state index contributed by atoms with van der Waals surface area (Å²) in [6.07, 6.45) is 3.30. The maximum atomic E-state index is 12.0. The normalized spacial score (nSPS) is 10.0. The van der Waals surface area contributed by atoms with Crippen LogP contribution in [0.2, 0.25) is 0 Å². The first-order chi connectivity index (χ1) is 9.16. The second kappa shape index (κ2) is 6.00. The molecule has 1 aromatic carbocycles. The largest absolute Gasteiger partial charge is 0.323 e. The lowest BCUT2D eigenvalue weighted by atomic mass is 10.1. The number of amides is 2. The zero-order valence-electron chi connectivity index (χ0n) is 11.1. The van der Waals surface area contributed by atoms with Crippen molar-refractivity contribution in [1.82, 2.24) is 9.88 Å². The molecule has 0 radical (unpaired) electrons. The topological polar surface area (TPSA) is 45.2 Å². The third-order valence-corrected chi connectivity index (χ3v) is 2.93. The lowest BCUT2D eigenvalue weighted by Crippen LogP contribution is -2.31. The van der Waals surface area contributed by atoms with Gasteiger partial charge in [-0.1, -0.05) is 24.3 Å². The first-order valence-electron chi connectivity index (χ1n) is 6.13. The Morgan fingerprint density at radius 1 is 1.26 bits per heavy atom. The zero-order chi connectivity index (χ0) is 13.7. The van der Waals surface area contributed by atoms with Gasteiger partial charge >= 0.3 is 6.03 Å². The van der Waals surface area contributed by atoms with Crippen molar-refractivity contribution in [2.45, 2.75) is 13.5 Å². The highest BCUT2D eigenvalue weighted by molar-refractivity contribution is 5.88. The predicted octanol–water partition coefficient (Wildman–Crippen LogP) is 3.05. The molecule has 0 fully saturated rings. The molecule has 19 heavy (non-hydrogen) atoms. The molecule has 0 aliphatic heterocycles. The zero-order valence-corrected chi connectivity index (χ0v) is 11.1. The number of urea groups is 1. The quantitative estimate of drug-likeness (QED) is 0.916. The van der Waals surface area contributed by atoms with Crippen LogP contribution in [0.25, 0.3) is 0 Å². The van der Waals surface area contributed by atoms with E-state index in [0.717, 1.165) is 5.56 Å². The minimum atomic E-state index is -0.142. The van der Waals surface area contributed by atoms with Crippen LogP contribution >= 0.6 is 0 Å². The van der Waals surface area contributed by atoms with Crippen LogP contribution in [0.4, 0.5) is 10.5 Å². The highest BCUT2D eigenvalue weighted by Crippen LogP contribution is 2.11. The van der Waals surface area contributed by atoms with E-state index in [0.29, 0.717) is 12.2 Å². The number of pyridine rings is 1. The Kier molecular flexibility index (Phi) is 4.13. The van der Waals surface area contributed by atoms with Crippen LogP contribution in [-0.4, -0.2) is 23.0 Å². The Balaban J connectivity index is 1.98. The van der Waals surface area contributed by atoms with Crippen molar-refractivity contribution >= 4 is 11.7 Å². The summed E-state index contributed by atoms with van der Waals surface area (Å²) in [5, 5.41) is 2.81. The molecule has 0 saturated heterocycles. The van der Waals surface area contributed by atoms with Crippen molar-refractivity contribution < 1.29 is 4.79 Å². The summed E-state index contributed by atoms with van der Waals surface area (Å²) in [6, 6.07) is 11.5. The van der Waals surface area contributed by atoms with E-state index in [2.05, 4.69) is 10.3 Å². The third-order valence-electron chi connectivity index (χ3n) is 2.93. The molecule has 1 heterocycles. The Hall–Kier alpha value is -2.36. The molecule has 0 spiro atoms. The number of benzene rings is 1. The smallest absolute Gasteiger partial charge is 0.321 e. The first kappa shape index (κ1) is 13.1. The molecule has 0 aliphatic rings. The maximum absolute atomic E-state index is 12.0. The minimum Gasteiger partial charge on any atom is -0.323 e. The van der Waals surface area contributed by atoms with Gasteiger partial charge in [0.2, 0.25) is 0 Å². The summed E-state index contributed by atoms with van der Waals surface area (Å²) >= 11 is 0. The number of nitrogens with one attached hydrogen (secondary N) is 1. The Morgan fingerprint density at radius 3 is 2.74 bits per heavy atom. The van der Waals surface area contributed by atoms with Gasteiger partial charge in [-0.25, -0.2) is 4.79 Å². The molecule has 4 heteroatoms. The van der Waals surface area contributed by atoms with Gasteiger partial charge in [0, 0.05) is 19.8 Å². The van der Waals surface area contributed by atoms with Gasteiger partial charge in [0.15, 0.2) is 0 Å². The highest BCUT2D eigenvalue weighted by atomic mass is 16.2. The van der Waals surface area contributed by atoms with E-state index < -0.39 is 0 Å². The van der Waals surface area contributed by atoms with Crippen LogP contribution in [-0.2, 0) is 6.54 Å². The molecule has 0 bridgehead atoms. The average molecular weight is 255 g/mol. The van der Waals surface area contributed by atoms with Crippen molar-refractivity contribution in [3.05, 3.63) is 59.9 Å². The molecular weight excluding hydrogens is 238 g/mol. The number of rotatable bonds is 3. The van der Waals surface area contributed by atoms with E-state index in [1.807, 2.05) is 37.3 Å². The predicted molar refractivity (Wildman–Crippen MR) is 75.9 cm³/mol. The van der Waals surface area contributed by atoms with E-state index in [1.165, 1.54) is 5.56 Å². The number of carbonyl (C=O) groups is 1. The second-order valence-electron chi connectivity index (χ2n) is 4.45. The van der Waals surface area contributed by atoms with Gasteiger partial charge in [0.1, 0.15) is 0 Å². The minimum absolute atomic E-state index is 0.142. The molecule has 2 rings (SSSR count). The molecule has 1 N–H and O–H groups in total. The molecule has 1 aromatic heterocycles. The molecule has 98 valence electrons. The van der Waals surface area contributed by atoms with Crippen LogP contribution < -0.4 is 5.32 Å². The van der Waals surface area contributed by atoms with Gasteiger partial charge in [-0.15, -0.1) is 0 Å². The Labute approximate surface area is 113 Å². The molecular formula is C15H17N3O. The van der Waals surface area contributed by atoms with Gasteiger partial charge in [-0.3, -0.25) is 4.98 Å². The van der Waals surface area contributed by atoms with Crippen LogP contribution in [0.15, 0.2) is 48.8 Å². The van der Waals surface area contributed by atoms with Gasteiger partial charge in [0.05, 0.1) is 11.9 Å². The lowest BCUT2D eigenvalue weighted by molar-refractivity contribution is 0.220. The van der Waals surface area contributed by atoms with E-state index >= 15 is 0 Å². The van der Waals surface area contributed by atoms with Gasteiger partial charge < -0.3 is 10.2 Å². The van der Waals surface area contributed by atoms with E-state index in [-0.39, 0.29) is 6.03 Å². The summed E-state index contributed by atoms with van der Waals surface area (Å²) in [6.45, 7) is 2.63. The summed E-state index contributed by atoms with van der Waals surface area (Å²) in [4.78, 5) is 17.6. The molecule has 0 unspecified atom stereocenters. The van der Waals surface area contributed by atoms with Crippen molar-refractivity contribution in [1.29, 1.82) is 0 Å². The number of nitrogens with zero attached hydrogens (tertiary/aromatic N) is 2. The van der Waals surface area contributed by atoms with Crippen molar-refractivity contribution in [2.24, 2.45) is 0 Å². The first-order valence-corrected chi connectivity index (χ1v) is 6.13. The number of aromatic nitrogens is 1. The standard InChI is InChI=1S/C15H17N3O/c1-12-6-3-4-7-13(12)11-18(2)15(19)17-14-8-5-9-16-10-14/h3-10H,11H2,1-2H3,(H,17,19). The summed E-state index contributed by atoms with van der Waals surface area (Å²) < 4.78 is 0. The van der Waals surface area contributed by atoms with Gasteiger partial charge in [-0.05, 0) is 30.2 Å². The fourth-order valence-corrected chi connectivity index (χ4v) is 1.77. The van der Waals surface area contributed by atoms with Crippen LogP contribution in [0, 0.1) is 6.92 Å². The maximum Gasteiger partial charge on any atom is 0.321 e. The van der Waals surface area contributed by atoms with Crippen molar-refractivity contribution in [3.63, 3.8) is 0 Å². The summed E-state index contributed by atoms with van der Waals surface area (Å²) in [7, 11) is 1.78. The number of carbonyl (C=O) groups excluding carboxylic acids is 1. The van der Waals surface area contributed by atoms with E-state index in [1.54, 1.807) is 30.4 Å². The SMILES string of the molecule is Cc1ccccc1CN(C)C(=O)Nc1cccnc1. The van der Waals surface area contributed by atoms with Crippen LogP contribution in [0.3, 0.4) is 0 Å². The monoisotopic (exact) mass is 255 g/mol. The summed E-state index contributed by atoms with van der Waals surface area (Å²) in [5.74, 6) is 0. The molecule has 0 atom stereocenters. The van der Waals surface area contributed by atoms with Crippen molar-refractivity contribution in [2.75, 3.05) is 12.4 Å². The molecule has 0 aliphatic carbocycles. The number of aryl methyl sites for hydroxylation is 1. The third kappa shape index (κ3) is 3.55. The number of hydrogen-bond donors (Lipinski definition) is 1. The van der Waals surface area contributed by atoms with E-state index in [9.17, 15) is 4.79 Å². The number of anilines is 1. The highest BCUT2D eigenvalue weighted by Gasteiger charge is 2.10. The molecule has 0 saturated carbocycles. The van der Waals surface area contributed by atoms with Gasteiger partial charge in [0.25, 0.3) is 0 Å². The Morgan fingerprint density at radius 2 is 2.05 bits per heavy atom. The Bertz CT molecular complexity index is 554. The fourth-order valence-electron chi connectivity index (χ4n) is 1.77. The molecule has 2 aromatic rings. The van der Waals surface area contributed by atoms with Crippen molar-refractivity contribution in [3.8, 4) is 0 Å². The second-order valence-corrected chi connectivity index (χ2v) is 4.45. The average Bonchev–Trinajstić information content (AvgIpc) is 2.42. The van der Waals surface area contributed by atoms with E-state index in [4.69, 9.17) is 0 Å². The van der Waals surface area contributed by atoms with Gasteiger partial charge in [-0.2, -0.15) is 0 Å². The number of hydrogen-bond acceptors (Lipinski definition) is 2. The molecule has 4 nitrogen and oxygen atoms in total. The fraction of sp³-hybridized carbons (Fsp3) is 0.200. The van der Waals surface area contributed by atoms with Crippen LogP contribution in [0.5, 0.6) is 0 Å². The van der Waals surface area contributed by atoms with Crippen LogP contribution in [0.1, 0.15) is 11.1 Å². The molecule has 2 amide bonds. The lowest BCUT2D eigenvalue weighted by Gasteiger charge is -2.19. The summed E-state index contributed by atoms with van der Waals surface area (Å²) in [5.41, 5.74) is 3.03.